The predicted octanol–water partition coefficient (Wildman–Crippen LogP) is 4.49. The van der Waals surface area contributed by atoms with Crippen molar-refractivity contribution in [2.24, 2.45) is 5.92 Å². The highest BCUT2D eigenvalue weighted by atomic mass is 19.1. The van der Waals surface area contributed by atoms with Gasteiger partial charge in [-0.25, -0.2) is 14.1 Å². The summed E-state index contributed by atoms with van der Waals surface area (Å²) in [4.78, 5) is 41.9. The van der Waals surface area contributed by atoms with E-state index in [2.05, 4.69) is 20.7 Å². The monoisotopic (exact) mass is 559 g/mol. The Morgan fingerprint density at radius 3 is 2.44 bits per heavy atom. The van der Waals surface area contributed by atoms with E-state index in [9.17, 15) is 18.8 Å². The van der Waals surface area contributed by atoms with Crippen LogP contribution in [0.4, 0.5) is 15.9 Å². The predicted molar refractivity (Wildman–Crippen MR) is 148 cm³/mol. The summed E-state index contributed by atoms with van der Waals surface area (Å²) in [6.07, 6.45) is 4.64. The highest BCUT2D eigenvalue weighted by Crippen LogP contribution is 2.32. The maximum Gasteiger partial charge on any atom is 0.280 e. The first-order valence-electron chi connectivity index (χ1n) is 12.6. The van der Waals surface area contributed by atoms with Crippen molar-refractivity contribution < 1.29 is 28.2 Å². The van der Waals surface area contributed by atoms with Crippen molar-refractivity contribution >= 4 is 23.3 Å². The number of aromatic nitrogens is 3. The molecule has 1 fully saturated rings. The number of nitrogens with zero attached hydrogens (tertiary/aromatic N) is 3. The molecule has 2 aromatic carbocycles. The standard InChI is InChI=1S/C29H26FN5O6/c1-16-15-35(19-7-9-23(39-2)24(13-19)40-3)34-26(27(16)36)29(38)32-18-6-8-22(21(30)12-18)41-20-10-11-31-25(14-20)33-28(37)17-4-5-17/h6-15,17H,4-5H2,1-3H3,(H,32,38)(H,31,33,37). The number of halogens is 1. The molecule has 41 heavy (non-hydrogen) atoms. The molecule has 5 rings (SSSR count). The van der Waals surface area contributed by atoms with Gasteiger partial charge in [0.05, 0.1) is 19.9 Å². The molecule has 1 saturated carbocycles. The van der Waals surface area contributed by atoms with Crippen LogP contribution >= 0.6 is 0 Å². The molecule has 11 nitrogen and oxygen atoms in total. The highest BCUT2D eigenvalue weighted by Gasteiger charge is 2.29. The number of carbonyl (C=O) groups excluding carboxylic acids is 2. The first-order chi connectivity index (χ1) is 19.7. The SMILES string of the molecule is COc1ccc(-n2cc(C)c(=O)c(C(=O)Nc3ccc(Oc4ccnc(NC(=O)C5CC5)c4)c(F)c3)n2)cc1OC. The summed E-state index contributed by atoms with van der Waals surface area (Å²) >= 11 is 0. The summed E-state index contributed by atoms with van der Waals surface area (Å²) in [7, 11) is 3.00. The topological polar surface area (TPSA) is 134 Å². The Bertz CT molecular complexity index is 1700. The number of rotatable bonds is 9. The Kier molecular flexibility index (Phi) is 7.64. The number of aryl methyl sites for hydroxylation is 1. The van der Waals surface area contributed by atoms with Crippen LogP contribution in [0, 0.1) is 18.7 Å². The Balaban J connectivity index is 1.32. The second-order valence-corrected chi connectivity index (χ2v) is 9.32. The van der Waals surface area contributed by atoms with Gasteiger partial charge in [-0.05, 0) is 50.1 Å². The zero-order valence-electron chi connectivity index (χ0n) is 22.4. The van der Waals surface area contributed by atoms with E-state index in [0.717, 1.165) is 18.9 Å². The number of carbonyl (C=O) groups is 2. The highest BCUT2D eigenvalue weighted by molar-refractivity contribution is 6.02. The van der Waals surface area contributed by atoms with Crippen LogP contribution < -0.4 is 30.3 Å². The van der Waals surface area contributed by atoms with E-state index in [1.165, 1.54) is 55.6 Å². The number of ether oxygens (including phenoxy) is 3. The molecule has 1 aliphatic rings. The van der Waals surface area contributed by atoms with E-state index in [1.807, 2.05) is 0 Å². The van der Waals surface area contributed by atoms with E-state index >= 15 is 0 Å². The van der Waals surface area contributed by atoms with Crippen molar-refractivity contribution in [3.8, 4) is 28.7 Å². The quantitative estimate of drug-likeness (QED) is 0.307. The molecular weight excluding hydrogens is 533 g/mol. The zero-order valence-corrected chi connectivity index (χ0v) is 22.4. The molecule has 0 aliphatic heterocycles. The molecule has 2 amide bonds. The Morgan fingerprint density at radius 1 is 0.976 bits per heavy atom. The van der Waals surface area contributed by atoms with Crippen LogP contribution in [0.15, 0.2) is 65.7 Å². The number of amides is 2. The number of anilines is 2. The Morgan fingerprint density at radius 2 is 1.73 bits per heavy atom. The molecule has 1 aliphatic carbocycles. The van der Waals surface area contributed by atoms with Gasteiger partial charge >= 0.3 is 0 Å². The summed E-state index contributed by atoms with van der Waals surface area (Å²) in [6, 6.07) is 11.9. The lowest BCUT2D eigenvalue weighted by atomic mass is 10.2. The fourth-order valence-corrected chi connectivity index (χ4v) is 3.95. The minimum absolute atomic E-state index is 0.00501. The van der Waals surface area contributed by atoms with Crippen LogP contribution in [0.5, 0.6) is 23.0 Å². The van der Waals surface area contributed by atoms with Gasteiger partial charge < -0.3 is 24.8 Å². The zero-order chi connectivity index (χ0) is 29.1. The Labute approximate surface area is 233 Å². The van der Waals surface area contributed by atoms with Crippen molar-refractivity contribution in [2.75, 3.05) is 24.9 Å². The maximum absolute atomic E-state index is 14.9. The summed E-state index contributed by atoms with van der Waals surface area (Å²) in [5, 5.41) is 9.43. The third kappa shape index (κ3) is 6.16. The summed E-state index contributed by atoms with van der Waals surface area (Å²) in [5.74, 6) is -0.281. The van der Waals surface area contributed by atoms with E-state index in [4.69, 9.17) is 14.2 Å². The van der Waals surface area contributed by atoms with Gasteiger partial charge in [0.2, 0.25) is 11.3 Å². The van der Waals surface area contributed by atoms with Gasteiger partial charge in [-0.1, -0.05) is 0 Å². The molecule has 2 heterocycles. The van der Waals surface area contributed by atoms with Crippen molar-refractivity contribution in [3.63, 3.8) is 0 Å². The van der Waals surface area contributed by atoms with Crippen LogP contribution in [0.3, 0.4) is 0 Å². The molecule has 4 aromatic rings. The van der Waals surface area contributed by atoms with Crippen molar-refractivity contribution in [1.82, 2.24) is 14.8 Å². The van der Waals surface area contributed by atoms with Crippen LogP contribution in [-0.2, 0) is 4.79 Å². The van der Waals surface area contributed by atoms with E-state index in [-0.39, 0.29) is 40.3 Å². The number of hydrogen-bond donors (Lipinski definition) is 2. The first-order valence-corrected chi connectivity index (χ1v) is 12.6. The molecule has 2 aromatic heterocycles. The van der Waals surface area contributed by atoms with Gasteiger partial charge in [0.25, 0.3) is 5.91 Å². The molecule has 0 spiro atoms. The van der Waals surface area contributed by atoms with Gasteiger partial charge in [-0.2, -0.15) is 5.10 Å². The lowest BCUT2D eigenvalue weighted by molar-refractivity contribution is -0.117. The smallest absolute Gasteiger partial charge is 0.280 e. The van der Waals surface area contributed by atoms with Crippen molar-refractivity contribution in [1.29, 1.82) is 0 Å². The van der Waals surface area contributed by atoms with Crippen LogP contribution in [0.25, 0.3) is 5.69 Å². The first kappa shape index (κ1) is 27.3. The van der Waals surface area contributed by atoms with Gasteiger partial charge in [-0.3, -0.25) is 14.4 Å². The largest absolute Gasteiger partial charge is 0.493 e. The fourth-order valence-electron chi connectivity index (χ4n) is 3.95. The molecule has 12 heteroatoms. The number of benzene rings is 2. The van der Waals surface area contributed by atoms with Crippen LogP contribution in [-0.4, -0.2) is 40.8 Å². The average Bonchev–Trinajstić information content (AvgIpc) is 3.81. The van der Waals surface area contributed by atoms with E-state index < -0.39 is 17.2 Å². The van der Waals surface area contributed by atoms with Crippen LogP contribution in [0.2, 0.25) is 0 Å². The van der Waals surface area contributed by atoms with E-state index in [1.54, 1.807) is 25.1 Å². The van der Waals surface area contributed by atoms with Crippen molar-refractivity contribution in [3.05, 3.63) is 88.2 Å². The molecule has 0 unspecified atom stereocenters. The molecule has 2 N–H and O–H groups in total. The molecule has 0 bridgehead atoms. The average molecular weight is 560 g/mol. The summed E-state index contributed by atoms with van der Waals surface area (Å²) < 4.78 is 32.5. The second-order valence-electron chi connectivity index (χ2n) is 9.32. The molecule has 0 saturated heterocycles. The number of methoxy groups -OCH3 is 2. The van der Waals surface area contributed by atoms with Crippen molar-refractivity contribution in [2.45, 2.75) is 19.8 Å². The maximum atomic E-state index is 14.9. The third-order valence-corrected chi connectivity index (χ3v) is 6.29. The lowest BCUT2D eigenvalue weighted by Gasteiger charge is -2.13. The number of hydrogen-bond acceptors (Lipinski definition) is 8. The van der Waals surface area contributed by atoms with Gasteiger partial charge in [-0.15, -0.1) is 0 Å². The molecule has 0 radical (unpaired) electrons. The molecular formula is C29H26FN5O6. The fraction of sp³-hybridized carbons (Fsp3) is 0.207. The number of pyridine rings is 1. The van der Waals surface area contributed by atoms with Crippen LogP contribution in [0.1, 0.15) is 28.9 Å². The minimum Gasteiger partial charge on any atom is -0.493 e. The second kappa shape index (κ2) is 11.5. The minimum atomic E-state index is -0.814. The summed E-state index contributed by atoms with van der Waals surface area (Å²) in [5.41, 5.74) is -0.0500. The van der Waals surface area contributed by atoms with Gasteiger partial charge in [0, 0.05) is 47.8 Å². The van der Waals surface area contributed by atoms with Gasteiger partial charge in [0.15, 0.2) is 28.8 Å². The summed E-state index contributed by atoms with van der Waals surface area (Å²) in [6.45, 7) is 1.56. The normalized spacial score (nSPS) is 12.4. The van der Waals surface area contributed by atoms with E-state index in [0.29, 0.717) is 23.0 Å². The third-order valence-electron chi connectivity index (χ3n) is 6.29. The van der Waals surface area contributed by atoms with Gasteiger partial charge in [0.1, 0.15) is 11.6 Å². The lowest BCUT2D eigenvalue weighted by Crippen LogP contribution is -2.27. The molecule has 0 atom stereocenters. The molecule has 210 valence electrons. The number of nitrogens with one attached hydrogen (secondary N) is 2. The Hall–Kier alpha value is -5.26.